The average Bonchev–Trinajstić information content (AvgIpc) is 2.67. The molecule has 30 heavy (non-hydrogen) atoms. The maximum absolute atomic E-state index is 11.3. The first-order valence-electron chi connectivity index (χ1n) is 8.20. The second-order valence-corrected chi connectivity index (χ2v) is 6.26. The van der Waals surface area contributed by atoms with Crippen molar-refractivity contribution < 1.29 is 14.8 Å². The molecule has 1 aromatic carbocycles. The van der Waals surface area contributed by atoms with Gasteiger partial charge in [0.25, 0.3) is 16.6 Å². The van der Waals surface area contributed by atoms with Crippen LogP contribution in [0, 0.1) is 51.1 Å². The van der Waals surface area contributed by atoms with Crippen molar-refractivity contribution in [3.05, 3.63) is 47.4 Å². The van der Waals surface area contributed by atoms with Crippen LogP contribution in [-0.4, -0.2) is 44.7 Å². The third-order valence-corrected chi connectivity index (χ3v) is 4.40. The molecule has 0 fully saturated rings. The van der Waals surface area contributed by atoms with Gasteiger partial charge in [0.15, 0.2) is 0 Å². The Hall–Kier alpha value is -4.56. The molecular formula is C15H9N9O6. The van der Waals surface area contributed by atoms with Crippen LogP contribution >= 0.6 is 0 Å². The Labute approximate surface area is 164 Å². The molecule has 0 amide bonds. The molecule has 0 unspecified atom stereocenters. The van der Waals surface area contributed by atoms with Crippen molar-refractivity contribution in [2.75, 3.05) is 0 Å². The van der Waals surface area contributed by atoms with Crippen LogP contribution in [0.25, 0.3) is 33.1 Å². The van der Waals surface area contributed by atoms with Crippen molar-refractivity contribution in [2.24, 2.45) is 0 Å². The van der Waals surface area contributed by atoms with Crippen LogP contribution in [0.3, 0.4) is 0 Å². The first kappa shape index (κ1) is 18.8. The summed E-state index contributed by atoms with van der Waals surface area (Å²) in [5.74, 6) is -2.82. The van der Waals surface area contributed by atoms with Gasteiger partial charge < -0.3 is 30.3 Å². The van der Waals surface area contributed by atoms with Crippen molar-refractivity contribution in [1.29, 1.82) is 0 Å². The number of hydrogen-bond donors (Lipinski definition) is 0. The van der Waals surface area contributed by atoms with Gasteiger partial charge in [-0.15, -0.1) is 0 Å². The van der Waals surface area contributed by atoms with Crippen LogP contribution in [0.15, 0.2) is 0 Å². The molecule has 3 aromatic heterocycles. The van der Waals surface area contributed by atoms with E-state index in [4.69, 9.17) is 0 Å². The van der Waals surface area contributed by atoms with Gasteiger partial charge in [-0.25, -0.2) is 15.0 Å². The molecule has 0 saturated carbocycles. The molecule has 0 spiro atoms. The summed E-state index contributed by atoms with van der Waals surface area (Å²) in [6.07, 6.45) is 0. The number of fused-ring (bicyclic) bond motifs is 6. The number of aryl methyl sites for hydroxylation is 3. The zero-order valence-corrected chi connectivity index (χ0v) is 15.5. The predicted octanol–water partition coefficient (Wildman–Crippen LogP) is 2.17. The van der Waals surface area contributed by atoms with Crippen molar-refractivity contribution in [3.8, 4) is 0 Å². The van der Waals surface area contributed by atoms with Crippen LogP contribution < -0.4 is 0 Å². The highest BCUT2D eigenvalue weighted by atomic mass is 16.6. The second-order valence-electron chi connectivity index (χ2n) is 6.26. The molecule has 4 rings (SSSR count). The van der Waals surface area contributed by atoms with Crippen LogP contribution in [-0.2, 0) is 0 Å². The largest absolute Gasteiger partial charge is 0.463 e. The molecule has 0 aliphatic heterocycles. The van der Waals surface area contributed by atoms with Gasteiger partial charge in [0.2, 0.25) is 0 Å². The van der Waals surface area contributed by atoms with E-state index in [0.717, 1.165) is 0 Å². The Morgan fingerprint density at radius 1 is 0.467 bits per heavy atom. The van der Waals surface area contributed by atoms with Gasteiger partial charge in [-0.1, -0.05) is 0 Å². The van der Waals surface area contributed by atoms with E-state index in [9.17, 15) is 30.3 Å². The summed E-state index contributed by atoms with van der Waals surface area (Å²) in [5, 5.41) is 34.0. The standard InChI is InChI=1S/C15H9N9O6/c1-4-5(2)17-8-7(16-4)9-10(19-13(22(25)26)6(3)18-9)12-11(8)20-14(23(27)28)15(21-12)24(29)30/h1-3H3. The minimum atomic E-state index is -1.13. The van der Waals surface area contributed by atoms with E-state index >= 15 is 0 Å². The SMILES string of the molecule is Cc1nc2c(nc1C)c1nc([N+](=O)[O-])c([N+](=O)[O-])nc1c1nc([N+](=O)[O-])c(C)nc21. The Kier molecular flexibility index (Phi) is 3.90. The summed E-state index contributed by atoms with van der Waals surface area (Å²) in [4.78, 5) is 55.6. The Morgan fingerprint density at radius 3 is 1.07 bits per heavy atom. The first-order chi connectivity index (χ1) is 14.1. The minimum absolute atomic E-state index is 0.0162. The van der Waals surface area contributed by atoms with Gasteiger partial charge >= 0.3 is 17.5 Å². The van der Waals surface area contributed by atoms with Gasteiger partial charge in [0.1, 0.15) is 22.2 Å². The van der Waals surface area contributed by atoms with Crippen LogP contribution in [0.4, 0.5) is 17.5 Å². The van der Waals surface area contributed by atoms with Gasteiger partial charge in [0.05, 0.1) is 11.4 Å². The second kappa shape index (κ2) is 6.23. The number of nitro groups is 3. The van der Waals surface area contributed by atoms with Crippen molar-refractivity contribution >= 4 is 50.6 Å². The molecule has 0 N–H and O–H groups in total. The third-order valence-electron chi connectivity index (χ3n) is 4.40. The maximum atomic E-state index is 11.3. The lowest BCUT2D eigenvalue weighted by Crippen LogP contribution is -2.07. The molecule has 3 heterocycles. The molecule has 15 heteroatoms. The fourth-order valence-electron chi connectivity index (χ4n) is 2.94. The molecule has 0 aliphatic carbocycles. The zero-order chi connectivity index (χ0) is 21.9. The topological polar surface area (TPSA) is 207 Å². The minimum Gasteiger partial charge on any atom is -0.358 e. The number of benzene rings is 1. The van der Waals surface area contributed by atoms with E-state index in [0.29, 0.717) is 11.4 Å². The summed E-state index contributed by atoms with van der Waals surface area (Å²) in [6, 6.07) is 0. The van der Waals surface area contributed by atoms with E-state index in [1.807, 2.05) is 0 Å². The number of aromatic nitrogens is 6. The lowest BCUT2D eigenvalue weighted by molar-refractivity contribution is -0.428. The fourth-order valence-corrected chi connectivity index (χ4v) is 2.94. The van der Waals surface area contributed by atoms with Crippen LogP contribution in [0.2, 0.25) is 0 Å². The number of nitrogens with zero attached hydrogens (tertiary/aromatic N) is 9. The van der Waals surface area contributed by atoms with Gasteiger partial charge in [-0.05, 0) is 50.5 Å². The van der Waals surface area contributed by atoms with Gasteiger partial charge in [-0.2, -0.15) is 0 Å². The van der Waals surface area contributed by atoms with E-state index in [1.54, 1.807) is 13.8 Å². The van der Waals surface area contributed by atoms with E-state index < -0.39 is 32.2 Å². The molecule has 4 aromatic rings. The fraction of sp³-hybridized carbons (Fsp3) is 0.200. The summed E-state index contributed by atoms with van der Waals surface area (Å²) in [6.45, 7) is 4.70. The highest BCUT2D eigenvalue weighted by molar-refractivity contribution is 6.18. The number of rotatable bonds is 3. The third kappa shape index (κ3) is 2.60. The average molecular weight is 411 g/mol. The molecule has 15 nitrogen and oxygen atoms in total. The summed E-state index contributed by atoms with van der Waals surface area (Å²) in [7, 11) is 0. The zero-order valence-electron chi connectivity index (χ0n) is 15.5. The monoisotopic (exact) mass is 411 g/mol. The Bertz CT molecular complexity index is 1450. The molecule has 0 bridgehead atoms. The predicted molar refractivity (Wildman–Crippen MR) is 99.9 cm³/mol. The summed E-state index contributed by atoms with van der Waals surface area (Å²) >= 11 is 0. The molecule has 150 valence electrons. The van der Waals surface area contributed by atoms with Crippen molar-refractivity contribution in [3.63, 3.8) is 0 Å². The quantitative estimate of drug-likeness (QED) is 0.270. The Balaban J connectivity index is 2.37. The molecule has 0 aliphatic rings. The van der Waals surface area contributed by atoms with Gasteiger partial charge in [0, 0.05) is 0 Å². The van der Waals surface area contributed by atoms with Crippen LogP contribution in [0.1, 0.15) is 17.1 Å². The lowest BCUT2D eigenvalue weighted by atomic mass is 10.1. The molecule has 0 atom stereocenters. The Morgan fingerprint density at radius 2 is 0.733 bits per heavy atom. The van der Waals surface area contributed by atoms with E-state index in [-0.39, 0.29) is 38.8 Å². The normalized spacial score (nSPS) is 11.3. The van der Waals surface area contributed by atoms with E-state index in [1.165, 1.54) is 6.92 Å². The lowest BCUT2D eigenvalue weighted by Gasteiger charge is -2.05. The highest BCUT2D eigenvalue weighted by Gasteiger charge is 2.36. The van der Waals surface area contributed by atoms with Gasteiger partial charge in [-0.3, -0.25) is 0 Å². The molecular weight excluding hydrogens is 402 g/mol. The van der Waals surface area contributed by atoms with Crippen LogP contribution in [0.5, 0.6) is 0 Å². The smallest absolute Gasteiger partial charge is 0.358 e. The number of hydrogen-bond acceptors (Lipinski definition) is 12. The maximum Gasteiger partial charge on any atom is 0.463 e. The van der Waals surface area contributed by atoms with E-state index in [2.05, 4.69) is 29.9 Å². The first-order valence-corrected chi connectivity index (χ1v) is 8.20. The molecule has 0 radical (unpaired) electrons. The summed E-state index contributed by atoms with van der Waals surface area (Å²) < 4.78 is 0. The highest BCUT2D eigenvalue weighted by Crippen LogP contribution is 2.35. The van der Waals surface area contributed by atoms with Crippen molar-refractivity contribution in [1.82, 2.24) is 29.9 Å². The summed E-state index contributed by atoms with van der Waals surface area (Å²) in [5.41, 5.74) is 0.588. The molecule has 0 saturated heterocycles. The van der Waals surface area contributed by atoms with Crippen molar-refractivity contribution in [2.45, 2.75) is 20.8 Å².